The van der Waals surface area contributed by atoms with Gasteiger partial charge in [0.05, 0.1) is 5.69 Å². The fraction of sp³-hybridized carbons (Fsp3) is 0.364. The van der Waals surface area contributed by atoms with Crippen LogP contribution in [0.25, 0.3) is 0 Å². The molecular weight excluding hydrogens is 146 g/mol. The molecule has 0 saturated carbocycles. The summed E-state index contributed by atoms with van der Waals surface area (Å²) in [7, 11) is 0. The van der Waals surface area contributed by atoms with E-state index >= 15 is 0 Å². The molecule has 12 heavy (non-hydrogen) atoms. The minimum absolute atomic E-state index is 1.06. The van der Waals surface area contributed by atoms with E-state index in [-0.39, 0.29) is 0 Å². The Morgan fingerprint density at radius 2 is 1.75 bits per heavy atom. The number of rotatable bonds is 1. The van der Waals surface area contributed by atoms with Crippen molar-refractivity contribution in [3.8, 4) is 0 Å². The average molecular weight is 163 g/mol. The molecular formula is C11H17N. The molecule has 0 atom stereocenters. The lowest BCUT2D eigenvalue weighted by molar-refractivity contribution is 1.40. The van der Waals surface area contributed by atoms with Crippen LogP contribution >= 0.6 is 0 Å². The Morgan fingerprint density at radius 1 is 1.17 bits per heavy atom. The van der Waals surface area contributed by atoms with Crippen molar-refractivity contribution in [1.82, 2.24) is 0 Å². The van der Waals surface area contributed by atoms with Crippen LogP contribution in [-0.2, 0) is 0 Å². The second-order valence-electron chi connectivity index (χ2n) is 2.17. The van der Waals surface area contributed by atoms with Crippen LogP contribution in [0, 0.1) is 6.92 Å². The molecule has 0 aliphatic carbocycles. The maximum atomic E-state index is 4.18. The van der Waals surface area contributed by atoms with Crippen LogP contribution in [0.3, 0.4) is 0 Å². The van der Waals surface area contributed by atoms with E-state index in [9.17, 15) is 0 Å². The highest BCUT2D eigenvalue weighted by Crippen LogP contribution is 2.15. The van der Waals surface area contributed by atoms with E-state index in [0.29, 0.717) is 0 Å². The molecule has 0 bridgehead atoms. The zero-order valence-corrected chi connectivity index (χ0v) is 8.33. The van der Waals surface area contributed by atoms with Crippen LogP contribution in [0.4, 0.5) is 5.69 Å². The Labute approximate surface area is 75.2 Å². The van der Waals surface area contributed by atoms with Crippen molar-refractivity contribution < 1.29 is 0 Å². The van der Waals surface area contributed by atoms with Gasteiger partial charge in [0, 0.05) is 6.21 Å². The first-order valence-electron chi connectivity index (χ1n) is 4.39. The normalized spacial score (nSPS) is 9.33. The highest BCUT2D eigenvalue weighted by atomic mass is 14.7. The first-order chi connectivity index (χ1) is 5.84. The summed E-state index contributed by atoms with van der Waals surface area (Å²) in [5.74, 6) is 0. The van der Waals surface area contributed by atoms with Crippen molar-refractivity contribution in [3.63, 3.8) is 0 Å². The summed E-state index contributed by atoms with van der Waals surface area (Å²) >= 11 is 0. The number of hydrogen-bond acceptors (Lipinski definition) is 1. The highest BCUT2D eigenvalue weighted by molar-refractivity contribution is 5.62. The van der Waals surface area contributed by atoms with E-state index in [1.165, 1.54) is 5.56 Å². The van der Waals surface area contributed by atoms with Gasteiger partial charge in [0.2, 0.25) is 0 Å². The molecule has 0 fully saturated rings. The monoisotopic (exact) mass is 163 g/mol. The summed E-state index contributed by atoms with van der Waals surface area (Å²) in [6, 6.07) is 8.08. The SMILES string of the molecule is CC.CC=Nc1ccccc1C. The minimum Gasteiger partial charge on any atom is -0.261 e. The van der Waals surface area contributed by atoms with Crippen LogP contribution in [0.15, 0.2) is 29.3 Å². The van der Waals surface area contributed by atoms with Gasteiger partial charge in [-0.05, 0) is 25.5 Å². The molecule has 0 amide bonds. The fourth-order valence-electron chi connectivity index (χ4n) is 0.847. The Bertz CT molecular complexity index is 239. The molecule has 0 radical (unpaired) electrons. The summed E-state index contributed by atoms with van der Waals surface area (Å²) in [5.41, 5.74) is 2.28. The smallest absolute Gasteiger partial charge is 0.0654 e. The van der Waals surface area contributed by atoms with Crippen LogP contribution < -0.4 is 0 Å². The number of para-hydroxylation sites is 1. The van der Waals surface area contributed by atoms with Crippen molar-refractivity contribution in [2.24, 2.45) is 4.99 Å². The average Bonchev–Trinajstić information content (AvgIpc) is 2.13. The van der Waals surface area contributed by atoms with Crippen LogP contribution in [0.2, 0.25) is 0 Å². The van der Waals surface area contributed by atoms with Crippen molar-refractivity contribution >= 4 is 11.9 Å². The number of aliphatic imine (C=N–C) groups is 1. The largest absolute Gasteiger partial charge is 0.261 e. The molecule has 0 heterocycles. The maximum absolute atomic E-state index is 4.18. The molecule has 1 rings (SSSR count). The third-order valence-electron chi connectivity index (χ3n) is 1.38. The van der Waals surface area contributed by atoms with Crippen LogP contribution in [0.5, 0.6) is 0 Å². The highest BCUT2D eigenvalue weighted by Gasteiger charge is 1.89. The van der Waals surface area contributed by atoms with Gasteiger partial charge in [-0.3, -0.25) is 4.99 Å². The Hall–Kier alpha value is -1.11. The van der Waals surface area contributed by atoms with Gasteiger partial charge < -0.3 is 0 Å². The number of benzene rings is 1. The lowest BCUT2D eigenvalue weighted by Crippen LogP contribution is -1.71. The Balaban J connectivity index is 0.000000561. The summed E-state index contributed by atoms with van der Waals surface area (Å²) < 4.78 is 0. The molecule has 66 valence electrons. The molecule has 1 aromatic carbocycles. The van der Waals surface area contributed by atoms with Crippen LogP contribution in [-0.4, -0.2) is 6.21 Å². The third-order valence-corrected chi connectivity index (χ3v) is 1.38. The molecule has 0 spiro atoms. The topological polar surface area (TPSA) is 12.4 Å². The van der Waals surface area contributed by atoms with Crippen molar-refractivity contribution in [1.29, 1.82) is 0 Å². The second kappa shape index (κ2) is 6.59. The lowest BCUT2D eigenvalue weighted by Gasteiger charge is -1.95. The van der Waals surface area contributed by atoms with Gasteiger partial charge >= 0.3 is 0 Å². The molecule has 0 aliphatic heterocycles. The summed E-state index contributed by atoms with van der Waals surface area (Å²) in [4.78, 5) is 4.18. The van der Waals surface area contributed by atoms with Gasteiger partial charge in [-0.15, -0.1) is 0 Å². The first kappa shape index (κ1) is 10.9. The number of aryl methyl sites for hydroxylation is 1. The quantitative estimate of drug-likeness (QED) is 0.559. The molecule has 0 aliphatic rings. The zero-order valence-electron chi connectivity index (χ0n) is 8.33. The number of hydrogen-bond donors (Lipinski definition) is 0. The van der Waals surface area contributed by atoms with E-state index < -0.39 is 0 Å². The van der Waals surface area contributed by atoms with E-state index in [0.717, 1.165) is 5.69 Å². The number of nitrogens with zero attached hydrogens (tertiary/aromatic N) is 1. The van der Waals surface area contributed by atoms with Gasteiger partial charge in [-0.25, -0.2) is 0 Å². The summed E-state index contributed by atoms with van der Waals surface area (Å²) in [5, 5.41) is 0. The standard InChI is InChI=1S/C9H11N.C2H6/c1-3-10-9-7-5-4-6-8(9)2;1-2/h3-7H,1-2H3;1-2H3. The molecule has 0 saturated heterocycles. The van der Waals surface area contributed by atoms with Gasteiger partial charge in [-0.2, -0.15) is 0 Å². The Kier molecular flexibility index (Phi) is 5.98. The van der Waals surface area contributed by atoms with E-state index in [2.05, 4.69) is 18.0 Å². The van der Waals surface area contributed by atoms with Crippen molar-refractivity contribution in [2.75, 3.05) is 0 Å². The first-order valence-corrected chi connectivity index (χ1v) is 4.39. The van der Waals surface area contributed by atoms with Gasteiger partial charge in [-0.1, -0.05) is 32.0 Å². The van der Waals surface area contributed by atoms with Crippen molar-refractivity contribution in [2.45, 2.75) is 27.7 Å². The molecule has 1 nitrogen and oxygen atoms in total. The minimum atomic E-state index is 1.06. The maximum Gasteiger partial charge on any atom is 0.0654 e. The van der Waals surface area contributed by atoms with E-state index in [1.807, 2.05) is 45.2 Å². The van der Waals surface area contributed by atoms with E-state index in [4.69, 9.17) is 0 Å². The van der Waals surface area contributed by atoms with Gasteiger partial charge in [0.25, 0.3) is 0 Å². The van der Waals surface area contributed by atoms with Crippen molar-refractivity contribution in [3.05, 3.63) is 29.8 Å². The Morgan fingerprint density at radius 3 is 2.25 bits per heavy atom. The summed E-state index contributed by atoms with van der Waals surface area (Å²) in [6.07, 6.45) is 1.81. The molecule has 0 aromatic heterocycles. The van der Waals surface area contributed by atoms with Gasteiger partial charge in [0.15, 0.2) is 0 Å². The molecule has 1 aromatic rings. The predicted octanol–water partition coefficient (Wildman–Crippen LogP) is 3.74. The predicted molar refractivity (Wildman–Crippen MR) is 56.4 cm³/mol. The third kappa shape index (κ3) is 3.33. The van der Waals surface area contributed by atoms with Gasteiger partial charge in [0.1, 0.15) is 0 Å². The fourth-order valence-corrected chi connectivity index (χ4v) is 0.847. The second-order valence-corrected chi connectivity index (χ2v) is 2.17. The molecule has 1 heteroatoms. The lowest BCUT2D eigenvalue weighted by atomic mass is 10.2. The van der Waals surface area contributed by atoms with Crippen LogP contribution in [0.1, 0.15) is 26.3 Å². The molecule has 0 unspecified atom stereocenters. The summed E-state index contributed by atoms with van der Waals surface area (Å²) in [6.45, 7) is 7.98. The molecule has 0 N–H and O–H groups in total. The zero-order chi connectivity index (χ0) is 9.40. The van der Waals surface area contributed by atoms with E-state index in [1.54, 1.807) is 0 Å².